The summed E-state index contributed by atoms with van der Waals surface area (Å²) in [5.74, 6) is -0.781. The van der Waals surface area contributed by atoms with Gasteiger partial charge in [-0.1, -0.05) is 29.8 Å². The van der Waals surface area contributed by atoms with E-state index in [0.717, 1.165) is 0 Å². The third-order valence-corrected chi connectivity index (χ3v) is 7.36. The molecule has 1 atom stereocenters. The summed E-state index contributed by atoms with van der Waals surface area (Å²) in [6.45, 7) is 0.397. The van der Waals surface area contributed by atoms with Gasteiger partial charge in [-0.3, -0.25) is 9.69 Å². The van der Waals surface area contributed by atoms with Crippen LogP contribution in [0.5, 0.6) is 0 Å². The Kier molecular flexibility index (Phi) is 5.50. The van der Waals surface area contributed by atoms with Crippen molar-refractivity contribution in [1.82, 2.24) is 4.90 Å². The quantitative estimate of drug-likeness (QED) is 0.525. The van der Waals surface area contributed by atoms with E-state index >= 15 is 0 Å². The summed E-state index contributed by atoms with van der Waals surface area (Å²) in [6.07, 6.45) is 0. The monoisotopic (exact) mass is 485 g/mol. The first kappa shape index (κ1) is 21.7. The predicted octanol–water partition coefficient (Wildman–Crippen LogP) is 5.60. The molecule has 1 fully saturated rings. The molecule has 1 N–H and O–H groups in total. The maximum absolute atomic E-state index is 14.3. The largest absolute Gasteiger partial charge is 0.323 e. The highest BCUT2D eigenvalue weighted by atomic mass is 35.5. The Morgan fingerprint density at radius 2 is 1.85 bits per heavy atom. The van der Waals surface area contributed by atoms with Crippen LogP contribution in [0.15, 0.2) is 66.7 Å². The smallest absolute Gasteiger partial charge is 0.308 e. The number of carbonyl (C=O) groups excluding carboxylic acids is 2. The Bertz CT molecular complexity index is 1270. The van der Waals surface area contributed by atoms with Crippen molar-refractivity contribution >= 4 is 46.7 Å². The molecule has 0 aromatic heterocycles. The summed E-state index contributed by atoms with van der Waals surface area (Å²) in [7, 11) is 0. The predicted molar refractivity (Wildman–Crippen MR) is 125 cm³/mol. The number of anilines is 2. The molecule has 0 bridgehead atoms. The van der Waals surface area contributed by atoms with Crippen LogP contribution in [0, 0.1) is 11.6 Å². The fourth-order valence-electron chi connectivity index (χ4n) is 4.32. The lowest BCUT2D eigenvalue weighted by Gasteiger charge is -2.33. The third-order valence-electron chi connectivity index (χ3n) is 5.71. The van der Waals surface area contributed by atoms with Crippen LogP contribution >= 0.6 is 23.4 Å². The minimum Gasteiger partial charge on any atom is -0.308 e. The Labute approximate surface area is 198 Å². The Morgan fingerprint density at radius 1 is 1.06 bits per heavy atom. The van der Waals surface area contributed by atoms with E-state index in [0.29, 0.717) is 39.8 Å². The van der Waals surface area contributed by atoms with Gasteiger partial charge in [0.05, 0.1) is 12.2 Å². The molecule has 2 aliphatic heterocycles. The van der Waals surface area contributed by atoms with Crippen LogP contribution < -0.4 is 10.2 Å². The normalized spacial score (nSPS) is 19.3. The first-order valence-electron chi connectivity index (χ1n) is 10.2. The number of nitrogens with zero attached hydrogens (tertiary/aromatic N) is 2. The van der Waals surface area contributed by atoms with Crippen molar-refractivity contribution in [3.05, 3.63) is 94.5 Å². The molecule has 1 saturated heterocycles. The Morgan fingerprint density at radius 3 is 2.64 bits per heavy atom. The van der Waals surface area contributed by atoms with Crippen molar-refractivity contribution in [2.45, 2.75) is 11.4 Å². The summed E-state index contributed by atoms with van der Waals surface area (Å²) < 4.78 is 28.1. The van der Waals surface area contributed by atoms with Crippen molar-refractivity contribution in [2.24, 2.45) is 0 Å². The number of halogens is 3. The van der Waals surface area contributed by atoms with Gasteiger partial charge in [0, 0.05) is 28.6 Å². The van der Waals surface area contributed by atoms with Crippen LogP contribution in [0.3, 0.4) is 0 Å². The van der Waals surface area contributed by atoms with E-state index in [9.17, 15) is 18.4 Å². The zero-order valence-electron chi connectivity index (χ0n) is 17.2. The zero-order chi connectivity index (χ0) is 23.2. The Balaban J connectivity index is 1.54. The summed E-state index contributed by atoms with van der Waals surface area (Å²) in [5.41, 5.74) is 1.99. The molecular weight excluding hydrogens is 468 g/mol. The molecule has 3 aromatic carbocycles. The molecule has 9 heteroatoms. The highest BCUT2D eigenvalue weighted by Crippen LogP contribution is 2.54. The molecule has 1 spiro atoms. The maximum Gasteiger partial charge on any atom is 0.323 e. The molecule has 3 amide bonds. The standard InChI is InChI=1S/C24H18ClF2N3O2S/c25-16-4-2-6-19(12-16)28-23(32)30-9-10-33-24(30)20-13-18(27)7-8-21(20)29(22(24)31)14-15-3-1-5-17(26)11-15/h1-8,11-13H,9-10,14H2,(H,28,32). The lowest BCUT2D eigenvalue weighted by atomic mass is 10.1. The van der Waals surface area contributed by atoms with Crippen LogP contribution in [-0.4, -0.2) is 29.1 Å². The number of thioether (sulfide) groups is 1. The van der Waals surface area contributed by atoms with E-state index in [1.807, 2.05) is 0 Å². The molecule has 0 aliphatic carbocycles. The fourth-order valence-corrected chi connectivity index (χ4v) is 5.96. The molecule has 1 unspecified atom stereocenters. The molecule has 33 heavy (non-hydrogen) atoms. The van der Waals surface area contributed by atoms with Gasteiger partial charge in [0.1, 0.15) is 11.6 Å². The van der Waals surface area contributed by atoms with Gasteiger partial charge in [0.15, 0.2) is 4.87 Å². The van der Waals surface area contributed by atoms with Crippen molar-refractivity contribution in [3.8, 4) is 0 Å². The second kappa shape index (κ2) is 8.35. The molecular formula is C24H18ClF2N3O2S. The molecule has 0 saturated carbocycles. The number of rotatable bonds is 3. The summed E-state index contributed by atoms with van der Waals surface area (Å²) in [6, 6.07) is 16.3. The number of amides is 3. The average molecular weight is 486 g/mol. The maximum atomic E-state index is 14.3. The van der Waals surface area contributed by atoms with Crippen molar-refractivity contribution in [1.29, 1.82) is 0 Å². The molecule has 2 aliphatic rings. The zero-order valence-corrected chi connectivity index (χ0v) is 18.8. The number of nitrogens with one attached hydrogen (secondary N) is 1. The minimum atomic E-state index is -1.41. The fraction of sp³-hybridized carbons (Fsp3) is 0.167. The summed E-state index contributed by atoms with van der Waals surface area (Å²) in [5, 5.41) is 3.25. The molecule has 2 heterocycles. The topological polar surface area (TPSA) is 52.7 Å². The van der Waals surface area contributed by atoms with E-state index in [1.165, 1.54) is 51.9 Å². The molecule has 3 aromatic rings. The van der Waals surface area contributed by atoms with Gasteiger partial charge in [-0.05, 0) is 54.1 Å². The van der Waals surface area contributed by atoms with Crippen LogP contribution in [0.2, 0.25) is 5.02 Å². The van der Waals surface area contributed by atoms with Crippen molar-refractivity contribution in [2.75, 3.05) is 22.5 Å². The van der Waals surface area contributed by atoms with Gasteiger partial charge in [-0.15, -0.1) is 11.8 Å². The first-order chi connectivity index (χ1) is 15.9. The average Bonchev–Trinajstić information content (AvgIpc) is 3.31. The summed E-state index contributed by atoms with van der Waals surface area (Å²) in [4.78, 5) is 28.6. The highest BCUT2D eigenvalue weighted by Gasteiger charge is 2.59. The number of hydrogen-bond donors (Lipinski definition) is 1. The van der Waals surface area contributed by atoms with Gasteiger partial charge < -0.3 is 10.2 Å². The van der Waals surface area contributed by atoms with Crippen LogP contribution in [0.1, 0.15) is 11.1 Å². The minimum absolute atomic E-state index is 0.0985. The van der Waals surface area contributed by atoms with Gasteiger partial charge in [-0.2, -0.15) is 0 Å². The van der Waals surface area contributed by atoms with Gasteiger partial charge in [0.2, 0.25) is 0 Å². The molecule has 5 nitrogen and oxygen atoms in total. The third kappa shape index (κ3) is 3.73. The Hall–Kier alpha value is -3.10. The number of carbonyl (C=O) groups is 2. The van der Waals surface area contributed by atoms with E-state index in [2.05, 4.69) is 5.32 Å². The highest BCUT2D eigenvalue weighted by molar-refractivity contribution is 8.01. The van der Waals surface area contributed by atoms with Gasteiger partial charge >= 0.3 is 6.03 Å². The van der Waals surface area contributed by atoms with E-state index in [1.54, 1.807) is 36.4 Å². The van der Waals surface area contributed by atoms with E-state index < -0.39 is 22.5 Å². The van der Waals surface area contributed by atoms with Crippen LogP contribution in [0.4, 0.5) is 25.0 Å². The number of hydrogen-bond acceptors (Lipinski definition) is 3. The van der Waals surface area contributed by atoms with Gasteiger partial charge in [0.25, 0.3) is 5.91 Å². The van der Waals surface area contributed by atoms with Crippen molar-refractivity contribution in [3.63, 3.8) is 0 Å². The number of fused-ring (bicyclic) bond motifs is 2. The molecule has 168 valence electrons. The summed E-state index contributed by atoms with van der Waals surface area (Å²) >= 11 is 7.31. The van der Waals surface area contributed by atoms with E-state index in [-0.39, 0.29) is 12.5 Å². The van der Waals surface area contributed by atoms with Crippen molar-refractivity contribution < 1.29 is 18.4 Å². The molecule has 5 rings (SSSR count). The second-order valence-corrected chi connectivity index (χ2v) is 9.49. The van der Waals surface area contributed by atoms with E-state index in [4.69, 9.17) is 11.6 Å². The van der Waals surface area contributed by atoms with Gasteiger partial charge in [-0.25, -0.2) is 13.6 Å². The number of benzene rings is 3. The lowest BCUT2D eigenvalue weighted by molar-refractivity contribution is -0.123. The SMILES string of the molecule is O=C(Nc1cccc(Cl)c1)N1CCSC12C(=O)N(Cc1cccc(F)c1)c1ccc(F)cc12. The number of urea groups is 1. The van der Waals surface area contributed by atoms with Crippen LogP contribution in [-0.2, 0) is 16.2 Å². The first-order valence-corrected chi connectivity index (χ1v) is 11.6. The second-order valence-electron chi connectivity index (χ2n) is 7.77. The van der Waals surface area contributed by atoms with Crippen LogP contribution in [0.25, 0.3) is 0 Å². The lowest BCUT2D eigenvalue weighted by Crippen LogP contribution is -2.51. The molecule has 0 radical (unpaired) electrons.